The summed E-state index contributed by atoms with van der Waals surface area (Å²) >= 11 is 0. The summed E-state index contributed by atoms with van der Waals surface area (Å²) in [6, 6.07) is 21.0. The molecule has 0 aromatic heterocycles. The fraction of sp³-hybridized carbons (Fsp3) is 0.400. The van der Waals surface area contributed by atoms with E-state index in [2.05, 4.69) is 53.4 Å². The molecule has 2 atom stereocenters. The van der Waals surface area contributed by atoms with E-state index in [1.165, 1.54) is 11.1 Å². The second kappa shape index (κ2) is 8.25. The summed E-state index contributed by atoms with van der Waals surface area (Å²) in [7, 11) is 0. The Hall–Kier alpha value is -1.68. The van der Waals surface area contributed by atoms with Crippen LogP contribution in [0.15, 0.2) is 60.7 Å². The molecule has 0 bridgehead atoms. The maximum absolute atomic E-state index is 10.2. The van der Waals surface area contributed by atoms with Crippen LogP contribution in [0.5, 0.6) is 0 Å². The van der Waals surface area contributed by atoms with Crippen LogP contribution >= 0.6 is 0 Å². The lowest BCUT2D eigenvalue weighted by Gasteiger charge is -2.33. The van der Waals surface area contributed by atoms with Crippen molar-refractivity contribution >= 4 is 0 Å². The second-order valence-electron chi connectivity index (χ2n) is 6.33. The molecule has 1 fully saturated rings. The monoisotopic (exact) mass is 311 g/mol. The number of hydrogen-bond donors (Lipinski definition) is 1. The van der Waals surface area contributed by atoms with Crippen LogP contribution in [0.1, 0.15) is 17.5 Å². The van der Waals surface area contributed by atoms with Crippen molar-refractivity contribution in [2.45, 2.75) is 25.6 Å². The third kappa shape index (κ3) is 4.90. The molecule has 1 aliphatic rings. The topological polar surface area (TPSA) is 32.7 Å². The molecule has 0 saturated carbocycles. The molecule has 1 N–H and O–H groups in total. The Bertz CT molecular complexity index is 531. The average Bonchev–Trinajstić information content (AvgIpc) is 2.59. The zero-order valence-electron chi connectivity index (χ0n) is 13.5. The highest BCUT2D eigenvalue weighted by atomic mass is 16.5. The summed E-state index contributed by atoms with van der Waals surface area (Å²) in [5.74, 6) is 0.191. The third-order valence-corrected chi connectivity index (χ3v) is 4.42. The predicted molar refractivity (Wildman–Crippen MR) is 91.9 cm³/mol. The van der Waals surface area contributed by atoms with Gasteiger partial charge in [-0.3, -0.25) is 4.90 Å². The molecular weight excluding hydrogens is 286 g/mol. The molecule has 1 saturated heterocycles. The minimum atomic E-state index is -0.252. The molecule has 1 heterocycles. The molecule has 2 aromatic carbocycles. The van der Waals surface area contributed by atoms with Crippen LogP contribution in [-0.4, -0.2) is 35.9 Å². The minimum absolute atomic E-state index is 0.191. The smallest absolute Gasteiger partial charge is 0.0624 e. The molecule has 23 heavy (non-hydrogen) atoms. The number of hydrogen-bond acceptors (Lipinski definition) is 3. The molecule has 1 aliphatic heterocycles. The van der Waals surface area contributed by atoms with Gasteiger partial charge >= 0.3 is 0 Å². The first kappa shape index (κ1) is 16.2. The molecule has 122 valence electrons. The summed E-state index contributed by atoms with van der Waals surface area (Å²) in [6.07, 6.45) is 0.493. The van der Waals surface area contributed by atoms with E-state index >= 15 is 0 Å². The van der Waals surface area contributed by atoms with Crippen LogP contribution in [0.25, 0.3) is 0 Å². The molecule has 3 rings (SSSR count). The van der Waals surface area contributed by atoms with Gasteiger partial charge in [0.1, 0.15) is 0 Å². The zero-order valence-corrected chi connectivity index (χ0v) is 13.5. The Labute approximate surface area is 138 Å². The maximum atomic E-state index is 10.2. The molecule has 3 heteroatoms. The summed E-state index contributed by atoms with van der Waals surface area (Å²) in [6.45, 7) is 3.96. The molecule has 3 nitrogen and oxygen atoms in total. The van der Waals surface area contributed by atoms with E-state index in [-0.39, 0.29) is 12.0 Å². The van der Waals surface area contributed by atoms with E-state index < -0.39 is 0 Å². The van der Waals surface area contributed by atoms with Gasteiger partial charge in [-0.05, 0) is 17.5 Å². The van der Waals surface area contributed by atoms with Crippen molar-refractivity contribution in [1.29, 1.82) is 0 Å². The SMILES string of the molecule is OC1CCOCC1CN(Cc1ccccc1)Cc1ccccc1. The van der Waals surface area contributed by atoms with Gasteiger partial charge < -0.3 is 9.84 Å². The van der Waals surface area contributed by atoms with Gasteiger partial charge in [0.2, 0.25) is 0 Å². The van der Waals surface area contributed by atoms with Crippen LogP contribution < -0.4 is 0 Å². The number of nitrogens with zero attached hydrogens (tertiary/aromatic N) is 1. The van der Waals surface area contributed by atoms with Gasteiger partial charge in [-0.1, -0.05) is 60.7 Å². The lowest BCUT2D eigenvalue weighted by Crippen LogP contribution is -2.40. The zero-order chi connectivity index (χ0) is 15.9. The number of aliphatic hydroxyl groups is 1. The molecule has 2 aromatic rings. The summed E-state index contributed by atoms with van der Waals surface area (Å²) in [5.41, 5.74) is 2.60. The summed E-state index contributed by atoms with van der Waals surface area (Å²) in [4.78, 5) is 2.41. The second-order valence-corrected chi connectivity index (χ2v) is 6.33. The van der Waals surface area contributed by atoms with Crippen LogP contribution in [-0.2, 0) is 17.8 Å². The van der Waals surface area contributed by atoms with E-state index in [0.29, 0.717) is 13.2 Å². The highest BCUT2D eigenvalue weighted by Crippen LogP contribution is 2.19. The Balaban J connectivity index is 1.69. The first-order chi connectivity index (χ1) is 11.3. The molecule has 0 spiro atoms. The number of rotatable bonds is 6. The van der Waals surface area contributed by atoms with E-state index in [1.54, 1.807) is 0 Å². The predicted octanol–water partition coefficient (Wildman–Crippen LogP) is 3.09. The van der Waals surface area contributed by atoms with Crippen molar-refractivity contribution in [3.8, 4) is 0 Å². The minimum Gasteiger partial charge on any atom is -0.393 e. The van der Waals surface area contributed by atoms with E-state index in [1.807, 2.05) is 12.1 Å². The molecule has 0 radical (unpaired) electrons. The van der Waals surface area contributed by atoms with Gasteiger partial charge in [0, 0.05) is 32.2 Å². The Morgan fingerprint density at radius 2 is 1.48 bits per heavy atom. The van der Waals surface area contributed by atoms with E-state index in [4.69, 9.17) is 4.74 Å². The fourth-order valence-corrected chi connectivity index (χ4v) is 3.16. The van der Waals surface area contributed by atoms with Crippen molar-refractivity contribution in [2.75, 3.05) is 19.8 Å². The average molecular weight is 311 g/mol. The first-order valence-electron chi connectivity index (χ1n) is 8.37. The quantitative estimate of drug-likeness (QED) is 0.890. The van der Waals surface area contributed by atoms with Gasteiger partial charge in [0.05, 0.1) is 12.7 Å². The van der Waals surface area contributed by atoms with Crippen molar-refractivity contribution in [3.63, 3.8) is 0 Å². The highest BCUT2D eigenvalue weighted by molar-refractivity contribution is 5.17. The van der Waals surface area contributed by atoms with Gasteiger partial charge in [-0.25, -0.2) is 0 Å². The lowest BCUT2D eigenvalue weighted by atomic mass is 9.97. The van der Waals surface area contributed by atoms with Crippen molar-refractivity contribution in [3.05, 3.63) is 71.8 Å². The van der Waals surface area contributed by atoms with Crippen molar-refractivity contribution in [1.82, 2.24) is 4.90 Å². The molecule has 0 aliphatic carbocycles. The Morgan fingerprint density at radius 1 is 0.913 bits per heavy atom. The Kier molecular flexibility index (Phi) is 5.81. The molecule has 2 unspecified atom stereocenters. The number of ether oxygens (including phenoxy) is 1. The van der Waals surface area contributed by atoms with Gasteiger partial charge in [-0.15, -0.1) is 0 Å². The fourth-order valence-electron chi connectivity index (χ4n) is 3.16. The first-order valence-corrected chi connectivity index (χ1v) is 8.37. The molecular formula is C20H25NO2. The number of benzene rings is 2. The highest BCUT2D eigenvalue weighted by Gasteiger charge is 2.26. The maximum Gasteiger partial charge on any atom is 0.0624 e. The van der Waals surface area contributed by atoms with Crippen LogP contribution in [0, 0.1) is 5.92 Å². The summed E-state index contributed by atoms with van der Waals surface area (Å²) in [5, 5.41) is 10.2. The third-order valence-electron chi connectivity index (χ3n) is 4.42. The van der Waals surface area contributed by atoms with Crippen LogP contribution in [0.4, 0.5) is 0 Å². The Morgan fingerprint density at radius 3 is 2.00 bits per heavy atom. The molecule has 0 amide bonds. The normalized spacial score (nSPS) is 21.5. The summed E-state index contributed by atoms with van der Waals surface area (Å²) < 4.78 is 5.57. The van der Waals surface area contributed by atoms with Crippen LogP contribution in [0.2, 0.25) is 0 Å². The van der Waals surface area contributed by atoms with Crippen molar-refractivity contribution in [2.24, 2.45) is 5.92 Å². The largest absolute Gasteiger partial charge is 0.393 e. The van der Waals surface area contributed by atoms with Gasteiger partial charge in [0.25, 0.3) is 0 Å². The van der Waals surface area contributed by atoms with E-state index in [0.717, 1.165) is 26.1 Å². The van der Waals surface area contributed by atoms with Crippen molar-refractivity contribution < 1.29 is 9.84 Å². The standard InChI is InChI=1S/C20H25NO2/c22-20-11-12-23-16-19(20)15-21(13-17-7-3-1-4-8-17)14-18-9-5-2-6-10-18/h1-10,19-20,22H,11-16H2. The lowest BCUT2D eigenvalue weighted by molar-refractivity contribution is -0.0482. The number of aliphatic hydroxyl groups excluding tert-OH is 1. The van der Waals surface area contributed by atoms with Gasteiger partial charge in [-0.2, -0.15) is 0 Å². The van der Waals surface area contributed by atoms with Crippen LogP contribution in [0.3, 0.4) is 0 Å². The van der Waals surface area contributed by atoms with E-state index in [9.17, 15) is 5.11 Å². The van der Waals surface area contributed by atoms with Gasteiger partial charge in [0.15, 0.2) is 0 Å².